The van der Waals surface area contributed by atoms with Gasteiger partial charge in [-0.05, 0) is 43.9 Å². The molecule has 2 unspecified atom stereocenters. The summed E-state index contributed by atoms with van der Waals surface area (Å²) in [5.74, 6) is 0.359. The average molecular weight is 296 g/mol. The Hall–Kier alpha value is -1.36. The van der Waals surface area contributed by atoms with Gasteiger partial charge in [0.2, 0.25) is 5.91 Å². The molecule has 0 saturated heterocycles. The van der Waals surface area contributed by atoms with E-state index in [0.29, 0.717) is 23.0 Å². The molecule has 3 N–H and O–H groups in total. The van der Waals surface area contributed by atoms with Gasteiger partial charge in [-0.25, -0.2) is 0 Å². The van der Waals surface area contributed by atoms with Crippen LogP contribution in [0.3, 0.4) is 0 Å². The molecule has 0 radical (unpaired) electrons. The van der Waals surface area contributed by atoms with Crippen molar-refractivity contribution in [3.63, 3.8) is 0 Å². The van der Waals surface area contributed by atoms with Crippen LogP contribution in [-0.4, -0.2) is 21.9 Å². The number of hydrogen-bond donors (Lipinski definition) is 2. The van der Waals surface area contributed by atoms with Crippen LogP contribution in [0.4, 0.5) is 5.69 Å². The quantitative estimate of drug-likeness (QED) is 0.791. The Bertz CT molecular complexity index is 501. The predicted octanol–water partition coefficient (Wildman–Crippen LogP) is 2.24. The minimum absolute atomic E-state index is 0.175. The molecule has 5 heteroatoms. The number of amides is 1. The highest BCUT2D eigenvalue weighted by molar-refractivity contribution is 7.86. The van der Waals surface area contributed by atoms with Crippen LogP contribution in [0, 0.1) is 12.8 Å². The molecule has 112 valence electrons. The molecule has 0 bridgehead atoms. The Kier molecular flexibility index (Phi) is 6.20. The third-order valence-corrected chi connectivity index (χ3v) is 4.99. The van der Waals surface area contributed by atoms with Gasteiger partial charge >= 0.3 is 0 Å². The standard InChI is InChI=1S/C15H24N2O2S/c1-10(2)8-9-17-15(18)12(4)20(19)14-7-5-6-13(16)11(14)3/h5-7,10,12H,8-9,16H2,1-4H3,(H,17,18). The number of anilines is 1. The molecule has 1 aromatic rings. The van der Waals surface area contributed by atoms with E-state index in [0.717, 1.165) is 12.0 Å². The van der Waals surface area contributed by atoms with E-state index in [9.17, 15) is 9.00 Å². The maximum absolute atomic E-state index is 12.5. The lowest BCUT2D eigenvalue weighted by Crippen LogP contribution is -2.36. The lowest BCUT2D eigenvalue weighted by atomic mass is 10.1. The molecule has 0 aromatic heterocycles. The summed E-state index contributed by atoms with van der Waals surface area (Å²) < 4.78 is 12.5. The molecule has 0 aliphatic carbocycles. The molecular weight excluding hydrogens is 272 g/mol. The fraction of sp³-hybridized carbons (Fsp3) is 0.533. The molecule has 4 nitrogen and oxygen atoms in total. The Balaban J connectivity index is 2.71. The molecule has 1 amide bonds. The van der Waals surface area contributed by atoms with Crippen molar-refractivity contribution in [2.75, 3.05) is 12.3 Å². The first-order valence-corrected chi connectivity index (χ1v) is 8.09. The minimum Gasteiger partial charge on any atom is -0.398 e. The van der Waals surface area contributed by atoms with Crippen molar-refractivity contribution in [2.24, 2.45) is 5.92 Å². The fourth-order valence-electron chi connectivity index (χ4n) is 1.76. The topological polar surface area (TPSA) is 72.2 Å². The number of hydrogen-bond acceptors (Lipinski definition) is 3. The van der Waals surface area contributed by atoms with Crippen molar-refractivity contribution in [1.82, 2.24) is 5.32 Å². The number of nitrogens with two attached hydrogens (primary N) is 1. The van der Waals surface area contributed by atoms with Crippen molar-refractivity contribution in [3.05, 3.63) is 23.8 Å². The number of carbonyl (C=O) groups is 1. The molecule has 0 aliphatic rings. The van der Waals surface area contributed by atoms with Gasteiger partial charge in [-0.1, -0.05) is 19.9 Å². The van der Waals surface area contributed by atoms with E-state index in [1.807, 2.05) is 6.92 Å². The van der Waals surface area contributed by atoms with Crippen molar-refractivity contribution in [3.8, 4) is 0 Å². The summed E-state index contributed by atoms with van der Waals surface area (Å²) in [6.45, 7) is 8.33. The van der Waals surface area contributed by atoms with Crippen LogP contribution in [0.15, 0.2) is 23.1 Å². The molecule has 0 spiro atoms. The SMILES string of the molecule is Cc1c(N)cccc1S(=O)C(C)C(=O)NCCC(C)C. The summed E-state index contributed by atoms with van der Waals surface area (Å²) in [6.07, 6.45) is 0.919. The normalized spacial score (nSPS) is 14.1. The maximum Gasteiger partial charge on any atom is 0.235 e. The number of rotatable bonds is 6. The van der Waals surface area contributed by atoms with Gasteiger partial charge in [0.25, 0.3) is 0 Å². The first-order chi connectivity index (χ1) is 9.34. The van der Waals surface area contributed by atoms with Gasteiger partial charge < -0.3 is 11.1 Å². The Morgan fingerprint density at radius 2 is 2.00 bits per heavy atom. The third-order valence-electron chi connectivity index (χ3n) is 3.25. The third kappa shape index (κ3) is 4.34. The van der Waals surface area contributed by atoms with Gasteiger partial charge in [0.15, 0.2) is 0 Å². The van der Waals surface area contributed by atoms with Crippen LogP contribution in [0.5, 0.6) is 0 Å². The van der Waals surface area contributed by atoms with Crippen molar-refractivity contribution < 1.29 is 9.00 Å². The van der Waals surface area contributed by atoms with Crippen LogP contribution in [-0.2, 0) is 15.6 Å². The number of nitrogen functional groups attached to an aromatic ring is 1. The Morgan fingerprint density at radius 1 is 1.35 bits per heavy atom. The van der Waals surface area contributed by atoms with E-state index in [1.54, 1.807) is 25.1 Å². The molecule has 0 heterocycles. The maximum atomic E-state index is 12.5. The molecule has 20 heavy (non-hydrogen) atoms. The van der Waals surface area contributed by atoms with Crippen LogP contribution < -0.4 is 11.1 Å². The van der Waals surface area contributed by atoms with E-state index >= 15 is 0 Å². The zero-order valence-corrected chi connectivity index (χ0v) is 13.4. The second kappa shape index (κ2) is 7.43. The summed E-state index contributed by atoms with van der Waals surface area (Å²) >= 11 is 0. The van der Waals surface area contributed by atoms with Crippen molar-refractivity contribution in [2.45, 2.75) is 44.3 Å². The number of nitrogens with one attached hydrogen (secondary N) is 1. The van der Waals surface area contributed by atoms with E-state index in [4.69, 9.17) is 5.73 Å². The highest BCUT2D eigenvalue weighted by Crippen LogP contribution is 2.21. The first kappa shape index (κ1) is 16.7. The van der Waals surface area contributed by atoms with Crippen LogP contribution in [0.1, 0.15) is 32.8 Å². The average Bonchev–Trinajstić information content (AvgIpc) is 2.39. The van der Waals surface area contributed by atoms with E-state index in [1.165, 1.54) is 0 Å². The lowest BCUT2D eigenvalue weighted by molar-refractivity contribution is -0.120. The smallest absolute Gasteiger partial charge is 0.235 e. The van der Waals surface area contributed by atoms with E-state index in [2.05, 4.69) is 19.2 Å². The molecule has 1 rings (SSSR count). The Morgan fingerprint density at radius 3 is 2.60 bits per heavy atom. The summed E-state index contributed by atoms with van der Waals surface area (Å²) in [5, 5.41) is 2.25. The first-order valence-electron chi connectivity index (χ1n) is 6.88. The predicted molar refractivity (Wildman–Crippen MR) is 83.9 cm³/mol. The number of carbonyl (C=O) groups excluding carboxylic acids is 1. The second-order valence-electron chi connectivity index (χ2n) is 5.38. The lowest BCUT2D eigenvalue weighted by Gasteiger charge is -2.15. The molecule has 0 aliphatic heterocycles. The van der Waals surface area contributed by atoms with Gasteiger partial charge in [-0.3, -0.25) is 9.00 Å². The summed E-state index contributed by atoms with van der Waals surface area (Å²) in [4.78, 5) is 12.6. The summed E-state index contributed by atoms with van der Waals surface area (Å²) in [5.41, 5.74) is 7.20. The molecular formula is C15H24N2O2S. The molecule has 2 atom stereocenters. The highest BCUT2D eigenvalue weighted by Gasteiger charge is 2.22. The van der Waals surface area contributed by atoms with Crippen molar-refractivity contribution in [1.29, 1.82) is 0 Å². The second-order valence-corrected chi connectivity index (χ2v) is 7.13. The minimum atomic E-state index is -1.39. The van der Waals surface area contributed by atoms with Crippen molar-refractivity contribution >= 4 is 22.4 Å². The summed E-state index contributed by atoms with van der Waals surface area (Å²) in [7, 11) is -1.39. The van der Waals surface area contributed by atoms with Gasteiger partial charge in [0, 0.05) is 17.1 Å². The van der Waals surface area contributed by atoms with E-state index in [-0.39, 0.29) is 5.91 Å². The van der Waals surface area contributed by atoms with Crippen LogP contribution >= 0.6 is 0 Å². The Labute approximate surface area is 123 Å². The fourth-order valence-corrected chi connectivity index (χ4v) is 3.06. The molecule has 1 aromatic carbocycles. The highest BCUT2D eigenvalue weighted by atomic mass is 32.2. The largest absolute Gasteiger partial charge is 0.398 e. The monoisotopic (exact) mass is 296 g/mol. The zero-order valence-electron chi connectivity index (χ0n) is 12.6. The van der Waals surface area contributed by atoms with E-state index < -0.39 is 16.0 Å². The summed E-state index contributed by atoms with van der Waals surface area (Å²) in [6, 6.07) is 5.29. The molecule has 0 saturated carbocycles. The zero-order chi connectivity index (χ0) is 15.3. The molecule has 0 fully saturated rings. The van der Waals surface area contributed by atoms with Gasteiger partial charge in [0.1, 0.15) is 5.25 Å². The van der Waals surface area contributed by atoms with Gasteiger partial charge in [-0.15, -0.1) is 0 Å². The number of benzene rings is 1. The van der Waals surface area contributed by atoms with Gasteiger partial charge in [0.05, 0.1) is 10.8 Å². The van der Waals surface area contributed by atoms with Crippen LogP contribution in [0.25, 0.3) is 0 Å². The van der Waals surface area contributed by atoms with Gasteiger partial charge in [-0.2, -0.15) is 0 Å². The van der Waals surface area contributed by atoms with Crippen LogP contribution in [0.2, 0.25) is 0 Å².